The predicted molar refractivity (Wildman–Crippen MR) is 92.1 cm³/mol. The van der Waals surface area contributed by atoms with Crippen molar-refractivity contribution in [2.45, 2.75) is 23.9 Å². The van der Waals surface area contributed by atoms with Gasteiger partial charge in [-0.1, -0.05) is 29.2 Å². The van der Waals surface area contributed by atoms with E-state index in [0.29, 0.717) is 21.3 Å². The number of thiazole rings is 1. The minimum absolute atomic E-state index is 0.0114. The van der Waals surface area contributed by atoms with Crippen molar-refractivity contribution in [3.05, 3.63) is 32.1 Å². The number of aliphatic hydroxyl groups is 1. The summed E-state index contributed by atoms with van der Waals surface area (Å²) in [5.41, 5.74) is 0.534. The normalized spacial score (nSPS) is 12.6. The molecule has 0 bridgehead atoms. The summed E-state index contributed by atoms with van der Waals surface area (Å²) in [6, 6.07) is 3.93. The van der Waals surface area contributed by atoms with Crippen LogP contribution < -0.4 is 10.2 Å². The van der Waals surface area contributed by atoms with Crippen LogP contribution in [0.5, 0.6) is 0 Å². The highest BCUT2D eigenvalue weighted by molar-refractivity contribution is 7.98. The first-order chi connectivity index (χ1) is 10.7. The minimum atomic E-state index is -0.163. The molecule has 6 nitrogen and oxygen atoms in total. The van der Waals surface area contributed by atoms with Gasteiger partial charge in [0.1, 0.15) is 4.70 Å². The Morgan fingerprint density at radius 2 is 2.36 bits per heavy atom. The van der Waals surface area contributed by atoms with Crippen molar-refractivity contribution in [3.8, 4) is 0 Å². The van der Waals surface area contributed by atoms with Crippen LogP contribution in [0.2, 0.25) is 0 Å². The number of hydrogen-bond donors (Lipinski definition) is 3. The lowest BCUT2D eigenvalue weighted by Crippen LogP contribution is -2.20. The molecule has 0 aliphatic rings. The number of thioether (sulfide) groups is 1. The maximum atomic E-state index is 11.6. The summed E-state index contributed by atoms with van der Waals surface area (Å²) in [7, 11) is 0. The van der Waals surface area contributed by atoms with Crippen molar-refractivity contribution in [2.24, 2.45) is 0 Å². The van der Waals surface area contributed by atoms with Gasteiger partial charge in [0.25, 0.3) is 0 Å². The number of anilines is 1. The van der Waals surface area contributed by atoms with E-state index >= 15 is 0 Å². The highest BCUT2D eigenvalue weighted by Gasteiger charge is 2.13. The number of hydrogen-bond acceptors (Lipinski definition) is 8. The second kappa shape index (κ2) is 6.78. The molecule has 3 rings (SSSR count). The van der Waals surface area contributed by atoms with Gasteiger partial charge in [-0.15, -0.1) is 11.3 Å². The summed E-state index contributed by atoms with van der Waals surface area (Å²) in [5, 5.41) is 14.9. The lowest BCUT2D eigenvalue weighted by Gasteiger charge is -2.12. The average Bonchev–Trinajstić information content (AvgIpc) is 3.13. The Kier molecular flexibility index (Phi) is 4.77. The first-order valence-corrected chi connectivity index (χ1v) is 9.27. The number of aromatic amines is 1. The average molecular weight is 354 g/mol. The number of nitrogens with zero attached hydrogens (tertiary/aromatic N) is 2. The number of aliphatic hydroxyl groups excluding tert-OH is 1. The molecule has 0 aliphatic heterocycles. The molecule has 3 aromatic rings. The van der Waals surface area contributed by atoms with Crippen LogP contribution in [-0.4, -0.2) is 32.7 Å². The Hall–Kier alpha value is -1.42. The summed E-state index contributed by atoms with van der Waals surface area (Å²) in [4.78, 5) is 24.3. The fraction of sp³-hybridized carbons (Fsp3) is 0.308. The molecule has 1 atom stereocenters. The van der Waals surface area contributed by atoms with Gasteiger partial charge in [0, 0.05) is 16.7 Å². The summed E-state index contributed by atoms with van der Waals surface area (Å²) < 4.78 is 0.686. The Morgan fingerprint density at radius 1 is 1.50 bits per heavy atom. The fourth-order valence-corrected chi connectivity index (χ4v) is 4.14. The second-order valence-corrected chi connectivity index (χ2v) is 7.60. The quantitative estimate of drug-likeness (QED) is 0.465. The molecule has 3 aromatic heterocycles. The molecule has 0 aromatic carbocycles. The zero-order chi connectivity index (χ0) is 15.5. The van der Waals surface area contributed by atoms with E-state index in [-0.39, 0.29) is 17.5 Å². The Labute approximate surface area is 138 Å². The molecular formula is C13H14N4O2S3. The van der Waals surface area contributed by atoms with Crippen LogP contribution in [0.3, 0.4) is 0 Å². The number of fused-ring (bicyclic) bond motifs is 1. The molecule has 0 spiro atoms. The molecule has 0 saturated heterocycles. The Balaban J connectivity index is 1.91. The summed E-state index contributed by atoms with van der Waals surface area (Å²) in [6.07, 6.45) is 0. The van der Waals surface area contributed by atoms with E-state index in [9.17, 15) is 9.90 Å². The van der Waals surface area contributed by atoms with E-state index in [0.717, 1.165) is 17.1 Å². The number of thiophene rings is 1. The monoisotopic (exact) mass is 354 g/mol. The van der Waals surface area contributed by atoms with Crippen molar-refractivity contribution in [2.75, 3.05) is 11.9 Å². The van der Waals surface area contributed by atoms with Gasteiger partial charge >= 0.3 is 4.87 Å². The van der Waals surface area contributed by atoms with Gasteiger partial charge in [-0.3, -0.25) is 9.78 Å². The third-order valence-corrected chi connectivity index (χ3v) is 5.67. The zero-order valence-electron chi connectivity index (χ0n) is 11.7. The first kappa shape index (κ1) is 15.5. The van der Waals surface area contributed by atoms with Crippen LogP contribution in [0.25, 0.3) is 10.3 Å². The van der Waals surface area contributed by atoms with Crippen molar-refractivity contribution < 1.29 is 5.11 Å². The van der Waals surface area contributed by atoms with Crippen molar-refractivity contribution in [3.63, 3.8) is 0 Å². The van der Waals surface area contributed by atoms with Crippen molar-refractivity contribution in [1.29, 1.82) is 0 Å². The second-order valence-electron chi connectivity index (χ2n) is 4.64. The van der Waals surface area contributed by atoms with Crippen LogP contribution in [-0.2, 0) is 5.75 Å². The van der Waals surface area contributed by atoms with Crippen LogP contribution in [0, 0.1) is 0 Å². The first-order valence-electron chi connectivity index (χ1n) is 6.59. The summed E-state index contributed by atoms with van der Waals surface area (Å²) in [5.74, 6) is 1.37. The van der Waals surface area contributed by atoms with Gasteiger partial charge in [-0.05, 0) is 18.4 Å². The van der Waals surface area contributed by atoms with E-state index in [1.54, 1.807) is 11.3 Å². The van der Waals surface area contributed by atoms with Crippen LogP contribution in [0.4, 0.5) is 5.82 Å². The number of H-pyrrole nitrogens is 1. The van der Waals surface area contributed by atoms with Crippen molar-refractivity contribution in [1.82, 2.24) is 15.0 Å². The molecule has 0 saturated carbocycles. The van der Waals surface area contributed by atoms with E-state index in [2.05, 4.69) is 26.3 Å². The molecular weight excluding hydrogens is 340 g/mol. The molecule has 0 radical (unpaired) electrons. The maximum Gasteiger partial charge on any atom is 0.306 e. The van der Waals surface area contributed by atoms with E-state index < -0.39 is 0 Å². The summed E-state index contributed by atoms with van der Waals surface area (Å²) in [6.45, 7) is 1.84. The highest BCUT2D eigenvalue weighted by atomic mass is 32.2. The Morgan fingerprint density at radius 3 is 3.09 bits per heavy atom. The molecule has 0 aliphatic carbocycles. The number of nitrogens with one attached hydrogen (secondary N) is 2. The number of rotatable bonds is 6. The predicted octanol–water partition coefficient (Wildman–Crippen LogP) is 2.53. The van der Waals surface area contributed by atoms with Crippen molar-refractivity contribution >= 4 is 50.6 Å². The largest absolute Gasteiger partial charge is 0.394 e. The van der Waals surface area contributed by atoms with Crippen LogP contribution in [0.1, 0.15) is 11.8 Å². The smallest absolute Gasteiger partial charge is 0.306 e. The van der Waals surface area contributed by atoms with Gasteiger partial charge in [0.2, 0.25) is 0 Å². The van der Waals surface area contributed by atoms with Gasteiger partial charge in [0.15, 0.2) is 16.6 Å². The highest BCUT2D eigenvalue weighted by Crippen LogP contribution is 2.28. The molecule has 0 amide bonds. The van der Waals surface area contributed by atoms with Crippen LogP contribution in [0.15, 0.2) is 27.5 Å². The molecule has 116 valence electrons. The molecule has 22 heavy (non-hydrogen) atoms. The third kappa shape index (κ3) is 3.49. The fourth-order valence-electron chi connectivity index (χ4n) is 1.80. The van der Waals surface area contributed by atoms with E-state index in [4.69, 9.17) is 0 Å². The molecule has 3 N–H and O–H groups in total. The number of aromatic nitrogens is 3. The van der Waals surface area contributed by atoms with Gasteiger partial charge in [0.05, 0.1) is 6.61 Å². The van der Waals surface area contributed by atoms with Gasteiger partial charge in [-0.2, -0.15) is 0 Å². The van der Waals surface area contributed by atoms with Crippen LogP contribution >= 0.6 is 34.4 Å². The maximum absolute atomic E-state index is 11.6. The van der Waals surface area contributed by atoms with E-state index in [1.807, 2.05) is 18.4 Å². The lowest BCUT2D eigenvalue weighted by atomic mass is 10.3. The zero-order valence-corrected chi connectivity index (χ0v) is 14.1. The molecule has 9 heteroatoms. The Bertz CT molecular complexity index is 812. The standard InChI is InChI=1S/C13H14N4O2S3/c1-7(5-18)14-10-9-11(17-13(19)22-9)16-12(15-10)21-6-8-3-2-4-20-8/h2-4,7,18H,5-6H2,1H3,(H2,14,15,16,17,19)/t7-/m1/s1. The topological polar surface area (TPSA) is 90.9 Å². The molecule has 3 heterocycles. The van der Waals surface area contributed by atoms with Gasteiger partial charge in [-0.25, -0.2) is 9.97 Å². The van der Waals surface area contributed by atoms with E-state index in [1.165, 1.54) is 16.6 Å². The molecule has 0 fully saturated rings. The third-order valence-electron chi connectivity index (χ3n) is 2.84. The summed E-state index contributed by atoms with van der Waals surface area (Å²) >= 11 is 4.28. The van der Waals surface area contributed by atoms with Gasteiger partial charge < -0.3 is 10.4 Å². The SMILES string of the molecule is C[C@H](CO)Nc1nc(SCc2cccs2)nc2[nH]c(=O)sc12. The lowest BCUT2D eigenvalue weighted by molar-refractivity contribution is 0.281. The minimum Gasteiger partial charge on any atom is -0.394 e. The molecule has 0 unspecified atom stereocenters.